The lowest BCUT2D eigenvalue weighted by Crippen LogP contribution is -2.09. The summed E-state index contributed by atoms with van der Waals surface area (Å²) in [5.41, 5.74) is 0. The number of thioether (sulfide) groups is 1. The van der Waals surface area contributed by atoms with E-state index < -0.39 is 0 Å². The first-order chi connectivity index (χ1) is 7.22. The molecule has 1 unspecified atom stereocenters. The average molecular weight is 289 g/mol. The standard InChI is InChI=1S/C12H17BrOS/c1-2-3-4-11(14)9-15-12-7-5-10(13)6-8-12/h5-8,11,14H,2-4,9H2,1H3. The van der Waals surface area contributed by atoms with Crippen molar-refractivity contribution in [3.8, 4) is 0 Å². The Labute approximate surface area is 104 Å². The maximum Gasteiger partial charge on any atom is 0.0634 e. The molecule has 0 radical (unpaired) electrons. The van der Waals surface area contributed by atoms with Gasteiger partial charge in [0.2, 0.25) is 0 Å². The predicted octanol–water partition coefficient (Wildman–Crippen LogP) is 4.09. The highest BCUT2D eigenvalue weighted by Gasteiger charge is 2.04. The zero-order valence-electron chi connectivity index (χ0n) is 8.95. The number of hydrogen-bond acceptors (Lipinski definition) is 2. The number of aliphatic hydroxyl groups is 1. The van der Waals surface area contributed by atoms with E-state index in [4.69, 9.17) is 0 Å². The van der Waals surface area contributed by atoms with Gasteiger partial charge in [0.1, 0.15) is 0 Å². The van der Waals surface area contributed by atoms with Crippen molar-refractivity contribution in [2.75, 3.05) is 5.75 Å². The fourth-order valence-electron chi connectivity index (χ4n) is 1.25. The van der Waals surface area contributed by atoms with Gasteiger partial charge in [-0.2, -0.15) is 0 Å². The van der Waals surface area contributed by atoms with Crippen molar-refractivity contribution in [3.63, 3.8) is 0 Å². The molecule has 0 aliphatic rings. The lowest BCUT2D eigenvalue weighted by Gasteiger charge is -2.09. The van der Waals surface area contributed by atoms with Crippen LogP contribution < -0.4 is 0 Å². The first kappa shape index (κ1) is 13.1. The molecule has 1 rings (SSSR count). The van der Waals surface area contributed by atoms with Gasteiger partial charge < -0.3 is 5.11 Å². The molecule has 0 saturated carbocycles. The maximum absolute atomic E-state index is 9.67. The van der Waals surface area contributed by atoms with Gasteiger partial charge in [-0.3, -0.25) is 0 Å². The van der Waals surface area contributed by atoms with E-state index in [1.54, 1.807) is 11.8 Å². The normalized spacial score (nSPS) is 12.7. The Kier molecular flexibility index (Phi) is 6.37. The molecule has 84 valence electrons. The Balaban J connectivity index is 2.27. The van der Waals surface area contributed by atoms with E-state index in [0.29, 0.717) is 0 Å². The van der Waals surface area contributed by atoms with Crippen LogP contribution in [0.5, 0.6) is 0 Å². The van der Waals surface area contributed by atoms with Gasteiger partial charge in [-0.1, -0.05) is 35.7 Å². The number of unbranched alkanes of at least 4 members (excludes halogenated alkanes) is 1. The van der Waals surface area contributed by atoms with E-state index in [1.807, 2.05) is 12.1 Å². The van der Waals surface area contributed by atoms with E-state index in [-0.39, 0.29) is 6.10 Å². The molecule has 0 fully saturated rings. The molecule has 0 bridgehead atoms. The smallest absolute Gasteiger partial charge is 0.0634 e. The molecular weight excluding hydrogens is 272 g/mol. The van der Waals surface area contributed by atoms with E-state index in [1.165, 1.54) is 4.90 Å². The molecule has 1 N–H and O–H groups in total. The summed E-state index contributed by atoms with van der Waals surface area (Å²) in [5.74, 6) is 0.793. The lowest BCUT2D eigenvalue weighted by molar-refractivity contribution is 0.186. The van der Waals surface area contributed by atoms with Crippen LogP contribution in [0.25, 0.3) is 0 Å². The molecule has 1 atom stereocenters. The van der Waals surface area contributed by atoms with Crippen LogP contribution in [-0.2, 0) is 0 Å². The minimum atomic E-state index is -0.168. The molecule has 0 heterocycles. The first-order valence-corrected chi connectivity index (χ1v) is 7.06. The highest BCUT2D eigenvalue weighted by atomic mass is 79.9. The fourth-order valence-corrected chi connectivity index (χ4v) is 2.39. The van der Waals surface area contributed by atoms with Gasteiger partial charge in [-0.05, 0) is 30.7 Å². The SMILES string of the molecule is CCCCC(O)CSc1ccc(Br)cc1. The van der Waals surface area contributed by atoms with Gasteiger partial charge in [0, 0.05) is 15.1 Å². The van der Waals surface area contributed by atoms with Gasteiger partial charge >= 0.3 is 0 Å². The number of halogens is 1. The molecule has 0 aromatic heterocycles. The highest BCUT2D eigenvalue weighted by Crippen LogP contribution is 2.22. The van der Waals surface area contributed by atoms with Crippen LogP contribution in [0.2, 0.25) is 0 Å². The van der Waals surface area contributed by atoms with Crippen LogP contribution in [0.15, 0.2) is 33.6 Å². The van der Waals surface area contributed by atoms with Crippen LogP contribution in [0.1, 0.15) is 26.2 Å². The lowest BCUT2D eigenvalue weighted by atomic mass is 10.2. The Morgan fingerprint density at radius 1 is 1.33 bits per heavy atom. The third kappa shape index (κ3) is 5.59. The van der Waals surface area contributed by atoms with Crippen LogP contribution in [0.3, 0.4) is 0 Å². The minimum Gasteiger partial charge on any atom is -0.392 e. The van der Waals surface area contributed by atoms with E-state index >= 15 is 0 Å². The van der Waals surface area contributed by atoms with Crippen LogP contribution in [0.4, 0.5) is 0 Å². The summed E-state index contributed by atoms with van der Waals surface area (Å²) in [5, 5.41) is 9.67. The molecule has 0 saturated heterocycles. The molecule has 0 aliphatic heterocycles. The number of rotatable bonds is 6. The zero-order valence-corrected chi connectivity index (χ0v) is 11.4. The van der Waals surface area contributed by atoms with Crippen molar-refractivity contribution in [1.29, 1.82) is 0 Å². The quantitative estimate of drug-likeness (QED) is 0.796. The monoisotopic (exact) mass is 288 g/mol. The Morgan fingerprint density at radius 2 is 2.00 bits per heavy atom. The second-order valence-electron chi connectivity index (χ2n) is 3.56. The average Bonchev–Trinajstić information content (AvgIpc) is 2.25. The summed E-state index contributed by atoms with van der Waals surface area (Å²) in [7, 11) is 0. The molecule has 1 nitrogen and oxygen atoms in total. The summed E-state index contributed by atoms with van der Waals surface area (Å²) >= 11 is 5.12. The number of hydrogen-bond donors (Lipinski definition) is 1. The van der Waals surface area contributed by atoms with Crippen molar-refractivity contribution in [1.82, 2.24) is 0 Å². The maximum atomic E-state index is 9.67. The third-order valence-electron chi connectivity index (χ3n) is 2.15. The summed E-state index contributed by atoms with van der Waals surface area (Å²) in [4.78, 5) is 1.22. The van der Waals surface area contributed by atoms with Crippen molar-refractivity contribution in [3.05, 3.63) is 28.7 Å². The van der Waals surface area contributed by atoms with Crippen molar-refractivity contribution in [2.45, 2.75) is 37.2 Å². The molecule has 0 aliphatic carbocycles. The Bertz CT molecular complexity index is 273. The van der Waals surface area contributed by atoms with Crippen LogP contribution in [0, 0.1) is 0 Å². The van der Waals surface area contributed by atoms with Crippen LogP contribution >= 0.6 is 27.7 Å². The van der Waals surface area contributed by atoms with Gasteiger partial charge in [0.05, 0.1) is 6.10 Å². The van der Waals surface area contributed by atoms with Gasteiger partial charge in [0.25, 0.3) is 0 Å². The Hall–Kier alpha value is 0.01000. The molecular formula is C12H17BrOS. The topological polar surface area (TPSA) is 20.2 Å². The highest BCUT2D eigenvalue weighted by molar-refractivity contribution is 9.10. The minimum absolute atomic E-state index is 0.168. The molecule has 1 aromatic carbocycles. The second-order valence-corrected chi connectivity index (χ2v) is 5.57. The summed E-state index contributed by atoms with van der Waals surface area (Å²) in [6, 6.07) is 8.20. The summed E-state index contributed by atoms with van der Waals surface area (Å²) < 4.78 is 1.10. The van der Waals surface area contributed by atoms with Crippen LogP contribution in [-0.4, -0.2) is 17.0 Å². The molecule has 15 heavy (non-hydrogen) atoms. The van der Waals surface area contributed by atoms with E-state index in [2.05, 4.69) is 35.0 Å². The van der Waals surface area contributed by atoms with Crippen molar-refractivity contribution >= 4 is 27.7 Å². The molecule has 1 aromatic rings. The van der Waals surface area contributed by atoms with Crippen molar-refractivity contribution in [2.24, 2.45) is 0 Å². The first-order valence-electron chi connectivity index (χ1n) is 5.28. The number of aliphatic hydroxyl groups excluding tert-OH is 1. The van der Waals surface area contributed by atoms with Gasteiger partial charge in [-0.25, -0.2) is 0 Å². The third-order valence-corrected chi connectivity index (χ3v) is 3.83. The molecule has 0 spiro atoms. The molecule has 3 heteroatoms. The van der Waals surface area contributed by atoms with Gasteiger partial charge in [0.15, 0.2) is 0 Å². The largest absolute Gasteiger partial charge is 0.392 e. The van der Waals surface area contributed by atoms with E-state index in [9.17, 15) is 5.11 Å². The second kappa shape index (κ2) is 7.31. The Morgan fingerprint density at radius 3 is 2.60 bits per heavy atom. The predicted molar refractivity (Wildman–Crippen MR) is 70.4 cm³/mol. The van der Waals surface area contributed by atoms with E-state index in [0.717, 1.165) is 29.5 Å². The molecule has 0 amide bonds. The van der Waals surface area contributed by atoms with Gasteiger partial charge in [-0.15, -0.1) is 11.8 Å². The zero-order chi connectivity index (χ0) is 11.1. The summed E-state index contributed by atoms with van der Waals surface area (Å²) in [6.07, 6.45) is 3.01. The number of benzene rings is 1. The summed E-state index contributed by atoms with van der Waals surface area (Å²) in [6.45, 7) is 2.15. The fraction of sp³-hybridized carbons (Fsp3) is 0.500. The van der Waals surface area contributed by atoms with Crippen molar-refractivity contribution < 1.29 is 5.11 Å².